The van der Waals surface area contributed by atoms with Gasteiger partial charge in [0.2, 0.25) is 0 Å². The van der Waals surface area contributed by atoms with Gasteiger partial charge in [0.05, 0.1) is 11.2 Å². The van der Waals surface area contributed by atoms with Crippen LogP contribution >= 0.6 is 0 Å². The molecule has 0 unspecified atom stereocenters. The van der Waals surface area contributed by atoms with Crippen molar-refractivity contribution in [1.82, 2.24) is 0 Å². The summed E-state index contributed by atoms with van der Waals surface area (Å²) in [6, 6.07) is 0. The Balaban J connectivity index is 2.93. The SMILES string of the molecule is C/C1=C\CC/C(C)=C/C[C@H](C(C)(C)O)CC[C@@](C)(O)/C=C/C1. The first-order chi connectivity index (χ1) is 10.1. The molecule has 2 heteroatoms. The first kappa shape index (κ1) is 19.2. The monoisotopic (exact) mass is 306 g/mol. The standard InChI is InChI=1S/C20H34O2/c1-16-8-6-9-17(2)11-12-18(19(3,4)21)13-15-20(5,22)14-7-10-16/h7-8,11,14,18,21-22H,6,9-10,12-13,15H2,1-5H3/b14-7+,16-8+,17-11+/t18-,20-/m0/s1. The summed E-state index contributed by atoms with van der Waals surface area (Å²) in [5, 5.41) is 20.9. The number of aliphatic hydroxyl groups is 2. The van der Waals surface area contributed by atoms with Gasteiger partial charge in [-0.1, -0.05) is 35.5 Å². The molecule has 0 aromatic rings. The third-order valence-electron chi connectivity index (χ3n) is 4.70. The van der Waals surface area contributed by atoms with E-state index < -0.39 is 11.2 Å². The minimum atomic E-state index is -0.799. The molecule has 0 heterocycles. The molecule has 2 N–H and O–H groups in total. The molecule has 0 saturated carbocycles. The Bertz CT molecular complexity index is 433. The minimum Gasteiger partial charge on any atom is -0.390 e. The summed E-state index contributed by atoms with van der Waals surface area (Å²) >= 11 is 0. The Morgan fingerprint density at radius 1 is 1.18 bits per heavy atom. The molecule has 126 valence electrons. The highest BCUT2D eigenvalue weighted by Gasteiger charge is 2.28. The van der Waals surface area contributed by atoms with Crippen molar-refractivity contribution in [2.75, 3.05) is 0 Å². The van der Waals surface area contributed by atoms with Crippen molar-refractivity contribution in [2.45, 2.75) is 84.3 Å². The van der Waals surface area contributed by atoms with Gasteiger partial charge in [0.1, 0.15) is 0 Å². The van der Waals surface area contributed by atoms with E-state index in [1.807, 2.05) is 26.8 Å². The van der Waals surface area contributed by atoms with Gasteiger partial charge in [0, 0.05) is 0 Å². The summed E-state index contributed by atoms with van der Waals surface area (Å²) in [6.45, 7) is 9.93. The number of hydrogen-bond donors (Lipinski definition) is 2. The predicted molar refractivity (Wildman–Crippen MR) is 94.8 cm³/mol. The van der Waals surface area contributed by atoms with E-state index in [2.05, 4.69) is 32.1 Å². The fourth-order valence-electron chi connectivity index (χ4n) is 2.88. The van der Waals surface area contributed by atoms with Crippen LogP contribution in [-0.2, 0) is 0 Å². The molecule has 0 saturated heterocycles. The molecule has 2 atom stereocenters. The highest BCUT2D eigenvalue weighted by atomic mass is 16.3. The van der Waals surface area contributed by atoms with Crippen LogP contribution in [0.4, 0.5) is 0 Å². The zero-order valence-electron chi connectivity index (χ0n) is 15.0. The summed E-state index contributed by atoms with van der Waals surface area (Å²) in [5.41, 5.74) is 1.22. The molecule has 0 radical (unpaired) electrons. The molecular weight excluding hydrogens is 272 g/mol. The van der Waals surface area contributed by atoms with Crippen molar-refractivity contribution in [3.63, 3.8) is 0 Å². The quantitative estimate of drug-likeness (QED) is 0.674. The molecule has 1 aliphatic rings. The average molecular weight is 306 g/mol. The first-order valence-corrected chi connectivity index (χ1v) is 8.54. The van der Waals surface area contributed by atoms with Crippen molar-refractivity contribution in [3.05, 3.63) is 35.5 Å². The second kappa shape index (κ2) is 8.12. The fourth-order valence-corrected chi connectivity index (χ4v) is 2.88. The van der Waals surface area contributed by atoms with Crippen LogP contribution in [0.1, 0.15) is 73.1 Å². The maximum Gasteiger partial charge on any atom is 0.0799 e. The van der Waals surface area contributed by atoms with E-state index in [0.717, 1.165) is 32.1 Å². The lowest BCUT2D eigenvalue weighted by molar-refractivity contribution is 0.00233. The van der Waals surface area contributed by atoms with E-state index in [4.69, 9.17) is 0 Å². The smallest absolute Gasteiger partial charge is 0.0799 e. The lowest BCUT2D eigenvalue weighted by Gasteiger charge is -2.31. The second-order valence-electron chi connectivity index (χ2n) is 7.73. The molecule has 2 nitrogen and oxygen atoms in total. The van der Waals surface area contributed by atoms with Crippen molar-refractivity contribution in [3.8, 4) is 0 Å². The van der Waals surface area contributed by atoms with Crippen LogP contribution in [-0.4, -0.2) is 21.4 Å². The summed E-state index contributed by atoms with van der Waals surface area (Å²) in [5.74, 6) is 0.169. The maximum atomic E-state index is 10.5. The summed E-state index contributed by atoms with van der Waals surface area (Å²) in [7, 11) is 0. The highest BCUT2D eigenvalue weighted by Crippen LogP contribution is 2.30. The van der Waals surface area contributed by atoms with Crippen LogP contribution < -0.4 is 0 Å². The molecule has 22 heavy (non-hydrogen) atoms. The van der Waals surface area contributed by atoms with Crippen LogP contribution in [0.3, 0.4) is 0 Å². The van der Waals surface area contributed by atoms with E-state index in [1.165, 1.54) is 11.1 Å². The molecule has 0 bridgehead atoms. The van der Waals surface area contributed by atoms with Crippen LogP contribution in [0.25, 0.3) is 0 Å². The largest absolute Gasteiger partial charge is 0.390 e. The van der Waals surface area contributed by atoms with Gasteiger partial charge < -0.3 is 10.2 Å². The molecule has 1 aliphatic carbocycles. The molecular formula is C20H34O2. The molecule has 0 aliphatic heterocycles. The van der Waals surface area contributed by atoms with Crippen molar-refractivity contribution in [1.29, 1.82) is 0 Å². The second-order valence-corrected chi connectivity index (χ2v) is 7.73. The Hall–Kier alpha value is -0.860. The number of hydrogen-bond acceptors (Lipinski definition) is 2. The Labute approximate surface area is 136 Å². The minimum absolute atomic E-state index is 0.169. The van der Waals surface area contributed by atoms with Crippen LogP contribution in [0.5, 0.6) is 0 Å². The zero-order valence-corrected chi connectivity index (χ0v) is 15.0. The molecule has 0 aromatic carbocycles. The van der Waals surface area contributed by atoms with Gasteiger partial charge in [0.15, 0.2) is 0 Å². The first-order valence-electron chi connectivity index (χ1n) is 8.54. The van der Waals surface area contributed by atoms with E-state index in [-0.39, 0.29) is 5.92 Å². The van der Waals surface area contributed by atoms with Gasteiger partial charge in [-0.2, -0.15) is 0 Å². The molecule has 0 spiro atoms. The topological polar surface area (TPSA) is 40.5 Å². The Morgan fingerprint density at radius 3 is 2.50 bits per heavy atom. The predicted octanol–water partition coefficient (Wildman–Crippen LogP) is 4.93. The number of allylic oxidation sites excluding steroid dienone is 5. The molecule has 1 rings (SSSR count). The van der Waals surface area contributed by atoms with E-state index in [0.29, 0.717) is 6.42 Å². The van der Waals surface area contributed by atoms with Gasteiger partial charge in [-0.15, -0.1) is 0 Å². The number of rotatable bonds is 1. The van der Waals surface area contributed by atoms with Crippen molar-refractivity contribution in [2.24, 2.45) is 5.92 Å². The third kappa shape index (κ3) is 7.42. The maximum absolute atomic E-state index is 10.5. The summed E-state index contributed by atoms with van der Waals surface area (Å²) in [4.78, 5) is 0. The lowest BCUT2D eigenvalue weighted by Crippen LogP contribution is -2.33. The third-order valence-corrected chi connectivity index (χ3v) is 4.70. The van der Waals surface area contributed by atoms with Gasteiger partial charge >= 0.3 is 0 Å². The normalized spacial score (nSPS) is 35.7. The van der Waals surface area contributed by atoms with Gasteiger partial charge in [-0.3, -0.25) is 0 Å². The lowest BCUT2D eigenvalue weighted by atomic mass is 9.81. The van der Waals surface area contributed by atoms with Crippen LogP contribution in [0.2, 0.25) is 0 Å². The summed E-state index contributed by atoms with van der Waals surface area (Å²) in [6.07, 6.45) is 13.9. The Kier molecular flexibility index (Phi) is 7.08. The Morgan fingerprint density at radius 2 is 1.86 bits per heavy atom. The molecule has 0 amide bonds. The molecule has 0 fully saturated rings. The van der Waals surface area contributed by atoms with Gasteiger partial charge in [-0.25, -0.2) is 0 Å². The fraction of sp³-hybridized carbons (Fsp3) is 0.700. The molecule has 0 aromatic heterocycles. The summed E-state index contributed by atoms with van der Waals surface area (Å²) < 4.78 is 0. The highest BCUT2D eigenvalue weighted by molar-refractivity contribution is 5.10. The van der Waals surface area contributed by atoms with Crippen molar-refractivity contribution < 1.29 is 10.2 Å². The van der Waals surface area contributed by atoms with E-state index in [9.17, 15) is 10.2 Å². The zero-order chi connectivity index (χ0) is 16.8. The van der Waals surface area contributed by atoms with Crippen LogP contribution in [0, 0.1) is 5.92 Å². The van der Waals surface area contributed by atoms with Gasteiger partial charge in [0.25, 0.3) is 0 Å². The van der Waals surface area contributed by atoms with Gasteiger partial charge in [-0.05, 0) is 79.1 Å². The van der Waals surface area contributed by atoms with Crippen molar-refractivity contribution >= 4 is 0 Å². The van der Waals surface area contributed by atoms with Crippen LogP contribution in [0.15, 0.2) is 35.5 Å². The van der Waals surface area contributed by atoms with E-state index >= 15 is 0 Å². The van der Waals surface area contributed by atoms with E-state index in [1.54, 1.807) is 0 Å². The average Bonchev–Trinajstić information content (AvgIpc) is 2.35.